The molecular formula is C20H16F2N2O3. The molecule has 1 fully saturated rings. The Morgan fingerprint density at radius 2 is 1.89 bits per heavy atom. The smallest absolute Gasteiger partial charge is 0.239 e. The van der Waals surface area contributed by atoms with Crippen LogP contribution in [-0.4, -0.2) is 18.4 Å². The Hall–Kier alpha value is -3.22. The van der Waals surface area contributed by atoms with Crippen LogP contribution in [0, 0.1) is 17.6 Å². The predicted octanol–water partition coefficient (Wildman–Crippen LogP) is 3.38. The second kappa shape index (κ2) is 6.83. The third-order valence-electron chi connectivity index (χ3n) is 4.59. The highest BCUT2D eigenvalue weighted by molar-refractivity contribution is 6.09. The minimum absolute atomic E-state index is 0.116. The number of nitrogens with zero attached hydrogens (tertiary/aromatic N) is 1. The van der Waals surface area contributed by atoms with Crippen molar-refractivity contribution in [1.29, 1.82) is 0 Å². The van der Waals surface area contributed by atoms with E-state index < -0.39 is 29.4 Å². The van der Waals surface area contributed by atoms with Crippen molar-refractivity contribution in [2.45, 2.75) is 13.0 Å². The monoisotopic (exact) mass is 370 g/mol. The van der Waals surface area contributed by atoms with Crippen LogP contribution in [0.3, 0.4) is 0 Å². The highest BCUT2D eigenvalue weighted by atomic mass is 19.1. The Morgan fingerprint density at radius 1 is 1.15 bits per heavy atom. The molecule has 138 valence electrons. The first-order valence-corrected chi connectivity index (χ1v) is 8.54. The van der Waals surface area contributed by atoms with Gasteiger partial charge < -0.3 is 14.6 Å². The van der Waals surface area contributed by atoms with Crippen LogP contribution in [0.4, 0.5) is 14.5 Å². The Balaban J connectivity index is 1.42. The van der Waals surface area contributed by atoms with Crippen molar-refractivity contribution in [2.24, 2.45) is 5.92 Å². The number of nitrogens with one attached hydrogen (secondary N) is 1. The lowest BCUT2D eigenvalue weighted by atomic mass is 10.1. The van der Waals surface area contributed by atoms with Gasteiger partial charge in [0.2, 0.25) is 11.8 Å². The lowest BCUT2D eigenvalue weighted by molar-refractivity contribution is -0.132. The summed E-state index contributed by atoms with van der Waals surface area (Å²) in [5.41, 5.74) is 0.836. The van der Waals surface area contributed by atoms with Gasteiger partial charge in [-0.15, -0.1) is 0 Å². The number of benzene rings is 2. The van der Waals surface area contributed by atoms with E-state index in [1.807, 2.05) is 30.3 Å². The van der Waals surface area contributed by atoms with Crippen LogP contribution in [0.15, 0.2) is 52.9 Å². The van der Waals surface area contributed by atoms with E-state index in [0.29, 0.717) is 5.76 Å². The quantitative estimate of drug-likeness (QED) is 0.716. The normalized spacial score (nSPS) is 16.9. The number of carbonyl (C=O) groups excluding carboxylic acids is 2. The number of hydrogen-bond donors (Lipinski definition) is 1. The summed E-state index contributed by atoms with van der Waals surface area (Å²) in [6.07, 6.45) is 0.281. The third-order valence-corrected chi connectivity index (χ3v) is 4.59. The Morgan fingerprint density at radius 3 is 2.63 bits per heavy atom. The number of para-hydroxylation sites is 1. The predicted molar refractivity (Wildman–Crippen MR) is 94.9 cm³/mol. The van der Waals surface area contributed by atoms with E-state index in [1.165, 1.54) is 4.90 Å². The molecule has 5 nitrogen and oxygen atoms in total. The summed E-state index contributed by atoms with van der Waals surface area (Å²) in [7, 11) is 0. The summed E-state index contributed by atoms with van der Waals surface area (Å²) < 4.78 is 32.4. The van der Waals surface area contributed by atoms with E-state index in [4.69, 9.17) is 4.42 Å². The maximum atomic E-state index is 13.4. The molecule has 0 bridgehead atoms. The summed E-state index contributed by atoms with van der Waals surface area (Å²) in [4.78, 5) is 26.2. The molecule has 0 spiro atoms. The van der Waals surface area contributed by atoms with E-state index in [0.717, 1.165) is 29.2 Å². The molecular weight excluding hydrogens is 354 g/mol. The molecule has 3 aromatic rings. The van der Waals surface area contributed by atoms with Crippen molar-refractivity contribution in [2.75, 3.05) is 11.4 Å². The highest BCUT2D eigenvalue weighted by Crippen LogP contribution is 2.27. The maximum Gasteiger partial charge on any atom is 0.239 e. The number of anilines is 1. The standard InChI is InChI=1S/C20H16F2N2O3/c21-13-8-14(22)10-15(9-13)24-6-5-17(20(24)26)19(25)23-11-16-7-12-3-1-2-4-18(12)27-16/h1-4,7-10,17H,5-6,11H2,(H,23,25). The molecule has 4 rings (SSSR count). The third kappa shape index (κ3) is 3.40. The Kier molecular flexibility index (Phi) is 4.35. The maximum absolute atomic E-state index is 13.4. The summed E-state index contributed by atoms with van der Waals surface area (Å²) in [6, 6.07) is 12.2. The Bertz CT molecular complexity index is 978. The van der Waals surface area contributed by atoms with Crippen molar-refractivity contribution in [3.63, 3.8) is 0 Å². The van der Waals surface area contributed by atoms with Gasteiger partial charge in [0.15, 0.2) is 0 Å². The lowest BCUT2D eigenvalue weighted by Gasteiger charge is -2.17. The first-order valence-electron chi connectivity index (χ1n) is 8.54. The van der Waals surface area contributed by atoms with E-state index in [-0.39, 0.29) is 25.2 Å². The molecule has 2 amide bonds. The second-order valence-corrected chi connectivity index (χ2v) is 6.43. The summed E-state index contributed by atoms with van der Waals surface area (Å²) in [5.74, 6) is -2.74. The van der Waals surface area contributed by atoms with Gasteiger partial charge in [0.1, 0.15) is 28.9 Å². The molecule has 1 aromatic heterocycles. The summed E-state index contributed by atoms with van der Waals surface area (Å²) in [6.45, 7) is 0.385. The van der Waals surface area contributed by atoms with E-state index in [9.17, 15) is 18.4 Å². The molecule has 0 saturated carbocycles. The lowest BCUT2D eigenvalue weighted by Crippen LogP contribution is -2.36. The molecule has 0 aliphatic carbocycles. The van der Waals surface area contributed by atoms with Gasteiger partial charge in [-0.05, 0) is 30.7 Å². The van der Waals surface area contributed by atoms with Gasteiger partial charge in [-0.3, -0.25) is 9.59 Å². The average molecular weight is 370 g/mol. The highest BCUT2D eigenvalue weighted by Gasteiger charge is 2.37. The van der Waals surface area contributed by atoms with Gasteiger partial charge in [0.05, 0.1) is 6.54 Å². The van der Waals surface area contributed by atoms with Crippen molar-refractivity contribution < 1.29 is 22.8 Å². The molecule has 7 heteroatoms. The molecule has 27 heavy (non-hydrogen) atoms. The summed E-state index contributed by atoms with van der Waals surface area (Å²) in [5, 5.41) is 3.63. The van der Waals surface area contributed by atoms with Crippen LogP contribution < -0.4 is 10.2 Å². The van der Waals surface area contributed by atoms with E-state index in [2.05, 4.69) is 5.32 Å². The fourth-order valence-electron chi connectivity index (χ4n) is 3.30. The number of furan rings is 1. The van der Waals surface area contributed by atoms with Crippen molar-refractivity contribution >= 4 is 28.5 Å². The number of amides is 2. The molecule has 1 saturated heterocycles. The van der Waals surface area contributed by atoms with Crippen molar-refractivity contribution in [3.05, 3.63) is 65.9 Å². The zero-order valence-corrected chi connectivity index (χ0v) is 14.2. The topological polar surface area (TPSA) is 62.6 Å². The van der Waals surface area contributed by atoms with Gasteiger partial charge in [0.25, 0.3) is 0 Å². The van der Waals surface area contributed by atoms with Gasteiger partial charge in [0, 0.05) is 23.7 Å². The van der Waals surface area contributed by atoms with Crippen LogP contribution >= 0.6 is 0 Å². The molecule has 2 aromatic carbocycles. The van der Waals surface area contributed by atoms with Gasteiger partial charge in [-0.2, -0.15) is 0 Å². The molecule has 1 atom stereocenters. The van der Waals surface area contributed by atoms with Gasteiger partial charge in [-0.25, -0.2) is 8.78 Å². The van der Waals surface area contributed by atoms with Crippen LogP contribution in [0.1, 0.15) is 12.2 Å². The number of carbonyl (C=O) groups is 2. The molecule has 1 N–H and O–H groups in total. The molecule has 2 heterocycles. The number of hydrogen-bond acceptors (Lipinski definition) is 3. The zero-order valence-electron chi connectivity index (χ0n) is 14.2. The fraction of sp³-hybridized carbons (Fsp3) is 0.200. The van der Waals surface area contributed by atoms with E-state index >= 15 is 0 Å². The van der Waals surface area contributed by atoms with Crippen molar-refractivity contribution in [3.8, 4) is 0 Å². The largest absolute Gasteiger partial charge is 0.459 e. The van der Waals surface area contributed by atoms with Crippen LogP contribution in [-0.2, 0) is 16.1 Å². The van der Waals surface area contributed by atoms with Gasteiger partial charge in [-0.1, -0.05) is 18.2 Å². The van der Waals surface area contributed by atoms with Crippen LogP contribution in [0.2, 0.25) is 0 Å². The first-order chi connectivity index (χ1) is 13.0. The second-order valence-electron chi connectivity index (χ2n) is 6.43. The number of rotatable bonds is 4. The zero-order chi connectivity index (χ0) is 19.0. The van der Waals surface area contributed by atoms with Crippen LogP contribution in [0.5, 0.6) is 0 Å². The fourth-order valence-corrected chi connectivity index (χ4v) is 3.30. The molecule has 0 radical (unpaired) electrons. The first kappa shape index (κ1) is 17.2. The van der Waals surface area contributed by atoms with Crippen molar-refractivity contribution in [1.82, 2.24) is 5.32 Å². The average Bonchev–Trinajstić information content (AvgIpc) is 3.22. The SMILES string of the molecule is O=C(NCc1cc2ccccc2o1)C1CCN(c2cc(F)cc(F)c2)C1=O. The van der Waals surface area contributed by atoms with E-state index in [1.54, 1.807) is 0 Å². The van der Waals surface area contributed by atoms with Crippen LogP contribution in [0.25, 0.3) is 11.0 Å². The minimum Gasteiger partial charge on any atom is -0.459 e. The molecule has 1 unspecified atom stereocenters. The summed E-state index contributed by atoms with van der Waals surface area (Å²) >= 11 is 0. The number of halogens is 2. The molecule has 1 aliphatic heterocycles. The Labute approximate surface area is 153 Å². The number of fused-ring (bicyclic) bond motifs is 1. The molecule has 1 aliphatic rings. The van der Waals surface area contributed by atoms with Gasteiger partial charge >= 0.3 is 0 Å². The minimum atomic E-state index is -0.888.